The zero-order chi connectivity index (χ0) is 15.1. The Hall–Kier alpha value is -1.55. The van der Waals surface area contributed by atoms with E-state index in [0.717, 1.165) is 11.3 Å². The highest BCUT2D eigenvalue weighted by Gasteiger charge is 2.19. The van der Waals surface area contributed by atoms with Gasteiger partial charge in [0.25, 0.3) is 0 Å². The number of carbonyl (C=O) groups is 1. The smallest absolute Gasteiger partial charge is 0.220 e. The van der Waals surface area contributed by atoms with Crippen LogP contribution >= 0.6 is 0 Å². The largest absolute Gasteiger partial charge is 0.496 e. The Balaban J connectivity index is 2.77. The van der Waals surface area contributed by atoms with Gasteiger partial charge < -0.3 is 15.0 Å². The molecule has 0 aliphatic carbocycles. The van der Waals surface area contributed by atoms with E-state index in [-0.39, 0.29) is 11.9 Å². The highest BCUT2D eigenvalue weighted by Crippen LogP contribution is 2.27. The third-order valence-electron chi connectivity index (χ3n) is 3.21. The molecule has 4 heteroatoms. The fourth-order valence-electron chi connectivity index (χ4n) is 2.17. The number of nitrogens with one attached hydrogen (secondary N) is 1. The minimum Gasteiger partial charge on any atom is -0.496 e. The molecule has 0 aliphatic heterocycles. The van der Waals surface area contributed by atoms with Crippen LogP contribution in [-0.4, -0.2) is 38.6 Å². The first kappa shape index (κ1) is 16.5. The number of hydrogen-bond acceptors (Lipinski definition) is 3. The molecule has 0 heterocycles. The minimum absolute atomic E-state index is 0.0988. The second-order valence-electron chi connectivity index (χ2n) is 5.62. The monoisotopic (exact) mass is 278 g/mol. The number of benzene rings is 1. The van der Waals surface area contributed by atoms with E-state index in [9.17, 15) is 4.79 Å². The minimum atomic E-state index is 0.0988. The van der Waals surface area contributed by atoms with Crippen LogP contribution in [0.2, 0.25) is 0 Å². The summed E-state index contributed by atoms with van der Waals surface area (Å²) in [4.78, 5) is 13.9. The number of ether oxygens (including phenoxy) is 1. The molecule has 0 bridgehead atoms. The lowest BCUT2D eigenvalue weighted by molar-refractivity contribution is -0.122. The average Bonchev–Trinajstić information content (AvgIpc) is 2.38. The molecule has 1 aromatic rings. The van der Waals surface area contributed by atoms with Crippen molar-refractivity contribution in [2.75, 3.05) is 27.7 Å². The molecule has 112 valence electrons. The van der Waals surface area contributed by atoms with Gasteiger partial charge in [-0.3, -0.25) is 4.79 Å². The normalized spacial score (nSPS) is 12.6. The Kier molecular flexibility index (Phi) is 6.52. The second kappa shape index (κ2) is 7.90. The summed E-state index contributed by atoms with van der Waals surface area (Å²) >= 11 is 0. The van der Waals surface area contributed by atoms with Gasteiger partial charge in [0.2, 0.25) is 5.91 Å². The maximum Gasteiger partial charge on any atom is 0.220 e. The Morgan fingerprint density at radius 1 is 1.30 bits per heavy atom. The van der Waals surface area contributed by atoms with Crippen molar-refractivity contribution in [1.29, 1.82) is 0 Å². The molecule has 1 aromatic carbocycles. The quantitative estimate of drug-likeness (QED) is 0.833. The van der Waals surface area contributed by atoms with Crippen molar-refractivity contribution < 1.29 is 9.53 Å². The molecule has 4 nitrogen and oxygen atoms in total. The van der Waals surface area contributed by atoms with Crippen LogP contribution in [0.15, 0.2) is 24.3 Å². The summed E-state index contributed by atoms with van der Waals surface area (Å²) in [6.07, 6.45) is 0.562. The Morgan fingerprint density at radius 3 is 2.50 bits per heavy atom. The highest BCUT2D eigenvalue weighted by molar-refractivity contribution is 5.76. The summed E-state index contributed by atoms with van der Waals surface area (Å²) in [7, 11) is 5.68. The molecule has 0 aromatic heterocycles. The lowest BCUT2D eigenvalue weighted by Crippen LogP contribution is -2.35. The average molecular weight is 278 g/mol. The molecule has 20 heavy (non-hydrogen) atoms. The molecule has 0 spiro atoms. The lowest BCUT2D eigenvalue weighted by Gasteiger charge is -2.26. The van der Waals surface area contributed by atoms with E-state index in [2.05, 4.69) is 10.2 Å². The molecular weight excluding hydrogens is 252 g/mol. The van der Waals surface area contributed by atoms with E-state index >= 15 is 0 Å². The SMILES string of the molecule is COc1ccccc1[C@@H](CNC(=O)CC(C)C)N(C)C. The maximum absolute atomic E-state index is 11.8. The third kappa shape index (κ3) is 4.85. The van der Waals surface area contributed by atoms with Crippen LogP contribution in [0.5, 0.6) is 5.75 Å². The summed E-state index contributed by atoms with van der Waals surface area (Å²) in [6, 6.07) is 8.03. The van der Waals surface area contributed by atoms with Crippen LogP contribution in [0, 0.1) is 5.92 Å². The zero-order valence-corrected chi connectivity index (χ0v) is 13.1. The number of para-hydroxylation sites is 1. The van der Waals surface area contributed by atoms with Crippen molar-refractivity contribution in [3.8, 4) is 5.75 Å². The van der Waals surface area contributed by atoms with Gasteiger partial charge in [0.1, 0.15) is 5.75 Å². The van der Waals surface area contributed by atoms with Crippen LogP contribution < -0.4 is 10.1 Å². The van der Waals surface area contributed by atoms with Crippen molar-refractivity contribution in [2.45, 2.75) is 26.3 Å². The summed E-state index contributed by atoms with van der Waals surface area (Å²) in [5.41, 5.74) is 1.09. The van der Waals surface area contributed by atoms with Crippen LogP contribution in [0.1, 0.15) is 31.9 Å². The van der Waals surface area contributed by atoms with Gasteiger partial charge in [-0.1, -0.05) is 32.0 Å². The Bertz CT molecular complexity index is 430. The molecule has 0 unspecified atom stereocenters. The molecular formula is C16H26N2O2. The van der Waals surface area contributed by atoms with Gasteiger partial charge in [0, 0.05) is 18.5 Å². The first-order valence-electron chi connectivity index (χ1n) is 7.01. The van der Waals surface area contributed by atoms with E-state index in [0.29, 0.717) is 18.9 Å². The van der Waals surface area contributed by atoms with Crippen LogP contribution in [-0.2, 0) is 4.79 Å². The third-order valence-corrected chi connectivity index (χ3v) is 3.21. The molecule has 0 aliphatic rings. The molecule has 0 radical (unpaired) electrons. The standard InChI is InChI=1S/C16H26N2O2/c1-12(2)10-16(19)17-11-14(18(3)4)13-8-6-7-9-15(13)20-5/h6-9,12,14H,10-11H2,1-5H3,(H,17,19)/t14-/m1/s1. The number of rotatable bonds is 7. The number of nitrogens with zero attached hydrogens (tertiary/aromatic N) is 1. The Morgan fingerprint density at radius 2 is 1.95 bits per heavy atom. The fraction of sp³-hybridized carbons (Fsp3) is 0.562. The van der Waals surface area contributed by atoms with Gasteiger partial charge in [-0.25, -0.2) is 0 Å². The van der Waals surface area contributed by atoms with Gasteiger partial charge in [-0.05, 0) is 26.1 Å². The van der Waals surface area contributed by atoms with Crippen molar-refractivity contribution in [3.05, 3.63) is 29.8 Å². The van der Waals surface area contributed by atoms with Gasteiger partial charge in [-0.15, -0.1) is 0 Å². The van der Waals surface area contributed by atoms with Gasteiger partial charge in [0.05, 0.1) is 13.2 Å². The molecule has 1 rings (SSSR count). The number of amides is 1. The van der Waals surface area contributed by atoms with Crippen molar-refractivity contribution in [1.82, 2.24) is 10.2 Å². The highest BCUT2D eigenvalue weighted by atomic mass is 16.5. The first-order chi connectivity index (χ1) is 9.45. The van der Waals surface area contributed by atoms with Crippen LogP contribution in [0.25, 0.3) is 0 Å². The van der Waals surface area contributed by atoms with Crippen LogP contribution in [0.3, 0.4) is 0 Å². The number of hydrogen-bond donors (Lipinski definition) is 1. The number of likely N-dealkylation sites (N-methyl/N-ethyl adjacent to an activating group) is 1. The Labute approximate surface area is 122 Å². The number of methoxy groups -OCH3 is 1. The molecule has 0 saturated carbocycles. The maximum atomic E-state index is 11.8. The first-order valence-corrected chi connectivity index (χ1v) is 7.01. The summed E-state index contributed by atoms with van der Waals surface area (Å²) in [6.45, 7) is 4.67. The molecule has 1 N–H and O–H groups in total. The fourth-order valence-corrected chi connectivity index (χ4v) is 2.17. The molecule has 1 amide bonds. The molecule has 1 atom stereocenters. The summed E-state index contributed by atoms with van der Waals surface area (Å²) in [5.74, 6) is 1.32. The zero-order valence-electron chi connectivity index (χ0n) is 13.1. The van der Waals surface area contributed by atoms with E-state index < -0.39 is 0 Å². The predicted molar refractivity (Wildman–Crippen MR) is 81.9 cm³/mol. The topological polar surface area (TPSA) is 41.6 Å². The van der Waals surface area contributed by atoms with Gasteiger partial charge in [-0.2, -0.15) is 0 Å². The predicted octanol–water partition coefficient (Wildman–Crippen LogP) is 2.46. The van der Waals surface area contributed by atoms with E-state index in [4.69, 9.17) is 4.74 Å². The van der Waals surface area contributed by atoms with Crippen molar-refractivity contribution in [2.24, 2.45) is 5.92 Å². The second-order valence-corrected chi connectivity index (χ2v) is 5.62. The van der Waals surface area contributed by atoms with Crippen LogP contribution in [0.4, 0.5) is 0 Å². The lowest BCUT2D eigenvalue weighted by atomic mass is 10.0. The summed E-state index contributed by atoms with van der Waals surface area (Å²) < 4.78 is 5.41. The van der Waals surface area contributed by atoms with E-state index in [1.807, 2.05) is 52.2 Å². The molecule has 0 saturated heterocycles. The van der Waals surface area contributed by atoms with Gasteiger partial charge in [0.15, 0.2) is 0 Å². The van der Waals surface area contributed by atoms with Crippen molar-refractivity contribution >= 4 is 5.91 Å². The van der Waals surface area contributed by atoms with E-state index in [1.165, 1.54) is 0 Å². The van der Waals surface area contributed by atoms with Crippen molar-refractivity contribution in [3.63, 3.8) is 0 Å². The molecule has 0 fully saturated rings. The summed E-state index contributed by atoms with van der Waals surface area (Å²) in [5, 5.41) is 3.01. The van der Waals surface area contributed by atoms with E-state index in [1.54, 1.807) is 7.11 Å². The number of carbonyl (C=O) groups excluding carboxylic acids is 1. The van der Waals surface area contributed by atoms with Gasteiger partial charge >= 0.3 is 0 Å².